The van der Waals surface area contributed by atoms with Crippen LogP contribution in [-0.2, 0) is 131 Å². The molecule has 0 heterocycles. The Hall–Kier alpha value is 4.42. The minimum absolute atomic E-state index is 0. The van der Waals surface area contributed by atoms with Gasteiger partial charge in [-0.2, -0.15) is 0 Å². The number of hydrogen-bond acceptors (Lipinski definition) is 0. The monoisotopic (exact) mass is 414 g/mol. The summed E-state index contributed by atoms with van der Waals surface area (Å²) < 4.78 is 0. The van der Waals surface area contributed by atoms with Gasteiger partial charge in [-0.1, -0.05) is 26.7 Å². The Morgan fingerprint density at radius 2 is 0.750 bits per heavy atom. The molecule has 0 unspecified atom stereocenters. The molecule has 0 saturated carbocycles. The number of unbranched alkanes of at least 4 members (excludes halogenated alkanes) is 1. The maximum absolute atomic E-state index is 2.18. The van der Waals surface area contributed by atoms with Crippen molar-refractivity contribution in [3.8, 4) is 0 Å². The van der Waals surface area contributed by atoms with E-state index in [0.29, 0.717) is 0 Å². The normalized spacial score (nSPS) is 3.75. The number of hydrogen-bond donors (Lipinski definition) is 0. The molecule has 0 N–H and O–H groups in total. The van der Waals surface area contributed by atoms with Crippen LogP contribution < -0.4 is 0 Å². The van der Waals surface area contributed by atoms with Crippen molar-refractivity contribution in [3.63, 3.8) is 0 Å². The molecule has 0 aromatic carbocycles. The van der Waals surface area contributed by atoms with E-state index >= 15 is 0 Å². The molecule has 0 nitrogen and oxygen atoms in total. The molecule has 38 valence electrons. The first-order valence-corrected chi connectivity index (χ1v) is 1.91. The predicted octanol–water partition coefficient (Wildman–Crippen LogP) is 1.80. The van der Waals surface area contributed by atoms with Crippen LogP contribution in [0.25, 0.3) is 0 Å². The van der Waals surface area contributed by atoms with Gasteiger partial charge < -0.3 is 0 Å². The van der Waals surface area contributed by atoms with Crippen molar-refractivity contribution in [3.05, 3.63) is 0 Å². The smallest absolute Gasteiger partial charge is 0 e. The maximum atomic E-state index is 2.18. The van der Waals surface area contributed by atoms with Crippen LogP contribution in [0.3, 0.4) is 0 Å². The van der Waals surface area contributed by atoms with Gasteiger partial charge in [0.25, 0.3) is 0 Å². The van der Waals surface area contributed by atoms with Gasteiger partial charge in [0.05, 0.1) is 0 Å². The molecule has 0 aliphatic carbocycles. The van der Waals surface area contributed by atoms with Crippen molar-refractivity contribution >= 4 is 0 Å². The fourth-order valence-corrected chi connectivity index (χ4v) is 0. The second-order valence-corrected chi connectivity index (χ2v) is 1.000. The zero-order valence-corrected chi connectivity index (χ0v) is 17.1. The van der Waals surface area contributed by atoms with E-state index in [1.165, 1.54) is 12.8 Å². The zero-order chi connectivity index (χ0) is 3.41. The first-order chi connectivity index (χ1) is 1.91. The molecule has 0 aromatic rings. The molecule has 0 bridgehead atoms. The molecule has 0 saturated heterocycles. The van der Waals surface area contributed by atoms with Crippen LogP contribution in [0.2, 0.25) is 0 Å². The summed E-state index contributed by atoms with van der Waals surface area (Å²) in [6, 6.07) is 0. The maximum Gasteiger partial charge on any atom is 0 e. The average molecular weight is 414 g/mol. The fraction of sp³-hybridized carbons (Fsp3) is 1.00. The number of rotatable bonds is 1. The third-order valence-electron chi connectivity index (χ3n) is 0.500. The molecule has 0 aromatic heterocycles. The van der Waals surface area contributed by atoms with Crippen LogP contribution in [0, 0.1) is 0 Å². The van der Waals surface area contributed by atoms with E-state index in [0.717, 1.165) is 0 Å². The Morgan fingerprint density at radius 3 is 0.750 bits per heavy atom. The van der Waals surface area contributed by atoms with Crippen molar-refractivity contribution in [1.29, 1.82) is 0 Å². The topological polar surface area (TPSA) is 0 Å². The Balaban J connectivity index is -0.00000000750. The Morgan fingerprint density at radius 1 is 0.625 bits per heavy atom. The van der Waals surface area contributed by atoms with Crippen LogP contribution in [0.1, 0.15) is 26.7 Å². The Kier molecular flexibility index (Phi) is 111. The molecule has 0 spiro atoms. The van der Waals surface area contributed by atoms with Crippen molar-refractivity contribution in [2.24, 2.45) is 0 Å². The van der Waals surface area contributed by atoms with E-state index in [4.69, 9.17) is 0 Å². The Labute approximate surface area is 153 Å². The van der Waals surface area contributed by atoms with Gasteiger partial charge in [-0.05, 0) is 0 Å². The van der Waals surface area contributed by atoms with E-state index in [1.807, 2.05) is 0 Å². The largest absolute Gasteiger partial charge is 0.0654 e. The molecule has 0 amide bonds. The molecule has 0 atom stereocenters. The van der Waals surface area contributed by atoms with Gasteiger partial charge >= 0.3 is 0 Å². The second-order valence-electron chi connectivity index (χ2n) is 1.000. The molecular weight excluding hydrogens is 404 g/mol. The van der Waals surface area contributed by atoms with Crippen molar-refractivity contribution < 1.29 is 131 Å². The zero-order valence-electron chi connectivity index (χ0n) is 5.72. The van der Waals surface area contributed by atoms with Gasteiger partial charge in [0.15, 0.2) is 0 Å². The van der Waals surface area contributed by atoms with E-state index in [1.54, 1.807) is 0 Å². The summed E-state index contributed by atoms with van der Waals surface area (Å²) >= 11 is 0. The van der Waals surface area contributed by atoms with Gasteiger partial charge in [-0.3, -0.25) is 0 Å². The summed E-state index contributed by atoms with van der Waals surface area (Å²) in [5.41, 5.74) is 0. The van der Waals surface area contributed by atoms with Crippen LogP contribution >= 0.6 is 0 Å². The fourth-order valence-electron chi connectivity index (χ4n) is 0. The van der Waals surface area contributed by atoms with Gasteiger partial charge in [-0.25, -0.2) is 0 Å². The van der Waals surface area contributed by atoms with Crippen molar-refractivity contribution in [2.75, 3.05) is 0 Å². The first kappa shape index (κ1) is 29.4. The third-order valence-corrected chi connectivity index (χ3v) is 0.500. The first-order valence-electron chi connectivity index (χ1n) is 1.91. The van der Waals surface area contributed by atoms with E-state index < -0.39 is 0 Å². The van der Waals surface area contributed by atoms with Gasteiger partial charge in [0.1, 0.15) is 0 Å². The van der Waals surface area contributed by atoms with Gasteiger partial charge in [0, 0.05) is 131 Å². The summed E-state index contributed by atoms with van der Waals surface area (Å²) in [6.45, 7) is 4.36. The van der Waals surface area contributed by atoms with Crippen LogP contribution in [0.15, 0.2) is 0 Å². The minimum atomic E-state index is 0. The van der Waals surface area contributed by atoms with Crippen LogP contribution in [-0.4, -0.2) is 0 Å². The Bertz CT molecular complexity index is 10.0. The molecular formula is C4H10Y4. The van der Waals surface area contributed by atoms with Gasteiger partial charge in [0.2, 0.25) is 0 Å². The molecule has 8 heavy (non-hydrogen) atoms. The predicted molar refractivity (Wildman–Crippen MR) is 20.6 cm³/mol. The third kappa shape index (κ3) is 31.5. The molecule has 0 aliphatic heterocycles. The molecule has 4 radical (unpaired) electrons. The van der Waals surface area contributed by atoms with Gasteiger partial charge in [-0.15, -0.1) is 0 Å². The van der Waals surface area contributed by atoms with E-state index in [2.05, 4.69) is 13.8 Å². The second kappa shape index (κ2) is 30.1. The average Bonchev–Trinajstić information content (AvgIpc) is 1.37. The van der Waals surface area contributed by atoms with Crippen molar-refractivity contribution in [2.45, 2.75) is 26.7 Å². The summed E-state index contributed by atoms with van der Waals surface area (Å²) in [7, 11) is 0. The summed E-state index contributed by atoms with van der Waals surface area (Å²) in [5.74, 6) is 0. The van der Waals surface area contributed by atoms with Crippen LogP contribution in [0.5, 0.6) is 0 Å². The summed E-state index contributed by atoms with van der Waals surface area (Å²) in [4.78, 5) is 0. The SMILES string of the molecule is CCCC.[Y].[Y].[Y].[Y]. The molecule has 4 heteroatoms. The standard InChI is InChI=1S/C4H10.4Y/c1-3-4-2;;;;/h3-4H2,1-2H3;;;;. The van der Waals surface area contributed by atoms with E-state index in [-0.39, 0.29) is 131 Å². The minimum Gasteiger partial charge on any atom is -0.0654 e. The molecule has 0 rings (SSSR count). The van der Waals surface area contributed by atoms with E-state index in [9.17, 15) is 0 Å². The summed E-state index contributed by atoms with van der Waals surface area (Å²) in [6.07, 6.45) is 2.64. The van der Waals surface area contributed by atoms with Crippen molar-refractivity contribution in [1.82, 2.24) is 0 Å². The van der Waals surface area contributed by atoms with Crippen LogP contribution in [0.4, 0.5) is 0 Å². The quantitative estimate of drug-likeness (QED) is 0.615. The molecule has 0 aliphatic rings. The molecule has 0 fully saturated rings. The summed E-state index contributed by atoms with van der Waals surface area (Å²) in [5, 5.41) is 0.